The van der Waals surface area contributed by atoms with Crippen LogP contribution in [0.1, 0.15) is 29.9 Å². The second kappa shape index (κ2) is 8.19. The Morgan fingerprint density at radius 3 is 2.90 bits per heavy atom. The number of rotatable bonds is 6. The number of benzene rings is 1. The van der Waals surface area contributed by atoms with Crippen LogP contribution >= 0.6 is 11.6 Å². The van der Waals surface area contributed by atoms with Crippen LogP contribution in [0.3, 0.4) is 0 Å². The summed E-state index contributed by atoms with van der Waals surface area (Å²) >= 11 is 5.93. The summed E-state index contributed by atoms with van der Waals surface area (Å²) in [6.07, 6.45) is 0.773. The first kappa shape index (κ1) is 20.5. The van der Waals surface area contributed by atoms with Gasteiger partial charge in [0.05, 0.1) is 23.7 Å². The predicted molar refractivity (Wildman–Crippen MR) is 109 cm³/mol. The van der Waals surface area contributed by atoms with E-state index < -0.39 is 23.9 Å². The quantitative estimate of drug-likeness (QED) is 0.264. The van der Waals surface area contributed by atoms with Crippen molar-refractivity contribution in [2.75, 3.05) is 19.1 Å². The highest BCUT2D eigenvalue weighted by atomic mass is 35.5. The van der Waals surface area contributed by atoms with Crippen LogP contribution in [0.2, 0.25) is 5.28 Å². The number of aliphatic hydroxyl groups excluding tert-OH is 1. The number of aromatic nitrogens is 3. The van der Waals surface area contributed by atoms with Crippen LogP contribution < -0.4 is 5.73 Å². The number of carbonyl (C=O) groups excluding carboxylic acids is 1. The molecule has 3 aromatic rings. The Hall–Kier alpha value is -2.72. The molecule has 0 bridgehead atoms. The summed E-state index contributed by atoms with van der Waals surface area (Å²) in [7, 11) is 0. The molecule has 3 N–H and O–H groups in total. The van der Waals surface area contributed by atoms with Gasteiger partial charge in [-0.15, -0.1) is 0 Å². The summed E-state index contributed by atoms with van der Waals surface area (Å²) < 4.78 is 18.4. The molecular formula is C20H21ClN4O5. The van der Waals surface area contributed by atoms with Gasteiger partial charge in [-0.05, 0) is 36.7 Å². The molecule has 0 amide bonds. The lowest BCUT2D eigenvalue weighted by Crippen LogP contribution is -2.41. The minimum atomic E-state index is -0.997. The van der Waals surface area contributed by atoms with Gasteiger partial charge in [-0.25, -0.2) is 9.78 Å². The van der Waals surface area contributed by atoms with Crippen molar-refractivity contribution in [3.8, 4) is 0 Å². The molecule has 2 aromatic heterocycles. The van der Waals surface area contributed by atoms with Crippen LogP contribution in [-0.4, -0.2) is 50.7 Å². The number of anilines is 1. The van der Waals surface area contributed by atoms with Crippen LogP contribution in [0, 0.1) is 0 Å². The second-order valence-corrected chi connectivity index (χ2v) is 7.58. The number of hydrogen-bond donors (Lipinski definition) is 2. The van der Waals surface area contributed by atoms with E-state index in [4.69, 9.17) is 31.5 Å². The Balaban J connectivity index is 1.38. The summed E-state index contributed by atoms with van der Waals surface area (Å²) in [5.74, 6) is -0.215. The maximum absolute atomic E-state index is 12.0. The van der Waals surface area contributed by atoms with Crippen molar-refractivity contribution in [3.63, 3.8) is 0 Å². The molecule has 4 rings (SSSR count). The Bertz CT molecular complexity index is 1060. The standard InChI is InChI=1S/C20H21ClN4O5/c1-20(10-28-11-29-18(27)12-5-3-2-4-6-12)14(26)9-15(30-20)25-8-7-13-16(22)23-19(21)24-17(13)25/h2-8,14-15,26H,9-11H2,1H3,(H2,22,23,24)/t14-,15+,20+/m0/s1. The first-order valence-electron chi connectivity index (χ1n) is 9.33. The van der Waals surface area contributed by atoms with Gasteiger partial charge in [-0.2, -0.15) is 4.98 Å². The molecule has 3 atom stereocenters. The van der Waals surface area contributed by atoms with Gasteiger partial charge in [0.25, 0.3) is 0 Å². The maximum Gasteiger partial charge on any atom is 0.340 e. The highest BCUT2D eigenvalue weighted by Gasteiger charge is 2.45. The van der Waals surface area contributed by atoms with Crippen LogP contribution in [0.25, 0.3) is 11.0 Å². The summed E-state index contributed by atoms with van der Waals surface area (Å²) in [4.78, 5) is 20.1. The number of halogens is 1. The van der Waals surface area contributed by atoms with Gasteiger partial charge in [0, 0.05) is 12.6 Å². The maximum atomic E-state index is 12.0. The van der Waals surface area contributed by atoms with E-state index in [9.17, 15) is 9.90 Å². The van der Waals surface area contributed by atoms with Crippen LogP contribution in [-0.2, 0) is 14.2 Å². The van der Waals surface area contributed by atoms with E-state index in [1.165, 1.54) is 0 Å². The lowest BCUT2D eigenvalue weighted by atomic mass is 10.0. The predicted octanol–water partition coefficient (Wildman–Crippen LogP) is 2.54. The van der Waals surface area contributed by atoms with E-state index >= 15 is 0 Å². The van der Waals surface area contributed by atoms with Crippen LogP contribution in [0.4, 0.5) is 5.82 Å². The Labute approximate surface area is 177 Å². The normalized spacial score (nSPS) is 23.7. The van der Waals surface area contributed by atoms with Crippen LogP contribution in [0.15, 0.2) is 42.6 Å². The van der Waals surface area contributed by atoms with Crippen molar-refractivity contribution in [2.45, 2.75) is 31.3 Å². The van der Waals surface area contributed by atoms with Crippen molar-refractivity contribution in [1.29, 1.82) is 0 Å². The zero-order valence-corrected chi connectivity index (χ0v) is 17.0. The van der Waals surface area contributed by atoms with Crippen molar-refractivity contribution in [3.05, 3.63) is 53.4 Å². The number of carbonyl (C=O) groups is 1. The number of hydrogen-bond acceptors (Lipinski definition) is 8. The summed E-state index contributed by atoms with van der Waals surface area (Å²) in [5, 5.41) is 11.3. The zero-order chi connectivity index (χ0) is 21.3. The monoisotopic (exact) mass is 432 g/mol. The van der Waals surface area contributed by atoms with Gasteiger partial charge in [0.15, 0.2) is 6.79 Å². The number of fused-ring (bicyclic) bond motifs is 1. The number of ether oxygens (including phenoxy) is 3. The molecule has 9 nitrogen and oxygen atoms in total. The molecule has 158 valence electrons. The molecule has 1 saturated heterocycles. The third-order valence-corrected chi connectivity index (χ3v) is 5.26. The molecule has 30 heavy (non-hydrogen) atoms. The highest BCUT2D eigenvalue weighted by molar-refractivity contribution is 6.28. The summed E-state index contributed by atoms with van der Waals surface area (Å²) in [6.45, 7) is 1.51. The molecule has 0 aliphatic carbocycles. The number of esters is 1. The van der Waals surface area contributed by atoms with E-state index in [1.807, 2.05) is 6.07 Å². The first-order valence-corrected chi connectivity index (χ1v) is 9.70. The third-order valence-electron chi connectivity index (χ3n) is 5.09. The minimum absolute atomic E-state index is 0.0316. The molecular weight excluding hydrogens is 412 g/mol. The van der Waals surface area contributed by atoms with E-state index in [0.717, 1.165) is 0 Å². The SMILES string of the molecule is C[C@]1(COCOC(=O)c2ccccc2)O[C@@H](n2ccc3c(N)nc(Cl)nc32)C[C@@H]1O. The van der Waals surface area contributed by atoms with Crippen molar-refractivity contribution in [2.24, 2.45) is 0 Å². The van der Waals surface area contributed by atoms with Crippen molar-refractivity contribution < 1.29 is 24.1 Å². The van der Waals surface area contributed by atoms with Gasteiger partial charge in [-0.1, -0.05) is 18.2 Å². The lowest BCUT2D eigenvalue weighted by molar-refractivity contribution is -0.148. The Kier molecular flexibility index (Phi) is 5.61. The topological polar surface area (TPSA) is 122 Å². The fourth-order valence-electron chi connectivity index (χ4n) is 3.44. The Morgan fingerprint density at radius 2 is 2.13 bits per heavy atom. The van der Waals surface area contributed by atoms with Crippen LogP contribution in [0.5, 0.6) is 0 Å². The van der Waals surface area contributed by atoms with E-state index in [0.29, 0.717) is 23.0 Å². The van der Waals surface area contributed by atoms with Crippen molar-refractivity contribution >= 4 is 34.4 Å². The molecule has 3 heterocycles. The largest absolute Gasteiger partial charge is 0.435 e. The smallest absolute Gasteiger partial charge is 0.340 e. The summed E-state index contributed by atoms with van der Waals surface area (Å²) in [6, 6.07) is 10.4. The molecule has 0 unspecified atom stereocenters. The number of nitrogens with zero attached hydrogens (tertiary/aromatic N) is 3. The zero-order valence-electron chi connectivity index (χ0n) is 16.2. The number of nitrogens with two attached hydrogens (primary N) is 1. The van der Waals surface area contributed by atoms with Gasteiger partial charge in [0.1, 0.15) is 23.3 Å². The highest BCUT2D eigenvalue weighted by Crippen LogP contribution is 2.38. The second-order valence-electron chi connectivity index (χ2n) is 7.24. The average molecular weight is 433 g/mol. The fourth-order valence-corrected chi connectivity index (χ4v) is 3.61. The van der Waals surface area contributed by atoms with Gasteiger partial charge in [-0.3, -0.25) is 0 Å². The molecule has 0 saturated carbocycles. The molecule has 0 spiro atoms. The van der Waals surface area contributed by atoms with Gasteiger partial charge in [0.2, 0.25) is 5.28 Å². The molecule has 1 fully saturated rings. The molecule has 0 radical (unpaired) electrons. The molecule has 1 aliphatic rings. The Morgan fingerprint density at radius 1 is 1.37 bits per heavy atom. The van der Waals surface area contributed by atoms with Crippen molar-refractivity contribution in [1.82, 2.24) is 14.5 Å². The van der Waals surface area contributed by atoms with E-state index in [2.05, 4.69) is 9.97 Å². The average Bonchev–Trinajstić information content (AvgIpc) is 3.27. The van der Waals surface area contributed by atoms with Gasteiger partial charge < -0.3 is 29.6 Å². The lowest BCUT2D eigenvalue weighted by Gasteiger charge is -2.27. The van der Waals surface area contributed by atoms with Gasteiger partial charge >= 0.3 is 5.97 Å². The molecule has 1 aromatic carbocycles. The number of aliphatic hydroxyl groups is 1. The fraction of sp³-hybridized carbons (Fsp3) is 0.350. The minimum Gasteiger partial charge on any atom is -0.435 e. The molecule has 1 aliphatic heterocycles. The number of nitrogen functional groups attached to an aromatic ring is 1. The van der Waals surface area contributed by atoms with E-state index in [-0.39, 0.29) is 24.5 Å². The third kappa shape index (κ3) is 3.97. The van der Waals surface area contributed by atoms with E-state index in [1.54, 1.807) is 48.0 Å². The first-order chi connectivity index (χ1) is 14.4. The molecule has 10 heteroatoms. The summed E-state index contributed by atoms with van der Waals surface area (Å²) in [5.41, 5.74) is 5.85.